The lowest BCUT2D eigenvalue weighted by atomic mass is 10.3. The highest BCUT2D eigenvalue weighted by molar-refractivity contribution is 6.29. The number of hydrogen-bond donors (Lipinski definition) is 1. The quantitative estimate of drug-likeness (QED) is 0.611. The molecule has 1 N–H and O–H groups in total. The van der Waals surface area contributed by atoms with Crippen molar-refractivity contribution in [1.29, 1.82) is 0 Å². The summed E-state index contributed by atoms with van der Waals surface area (Å²) in [6.07, 6.45) is 10.8. The molecule has 0 bridgehead atoms. The van der Waals surface area contributed by atoms with Crippen molar-refractivity contribution in [2.75, 3.05) is 0 Å². The third-order valence-electron chi connectivity index (χ3n) is 1.79. The maximum Gasteiger partial charge on any atom is 0.129 e. The summed E-state index contributed by atoms with van der Waals surface area (Å²) < 4.78 is 0. The molecule has 0 fully saturated rings. The predicted molar refractivity (Wildman–Crippen MR) is 64.7 cm³/mol. The largest absolute Gasteiger partial charge is 0.387 e. The Kier molecular flexibility index (Phi) is 5.56. The highest BCUT2D eigenvalue weighted by Gasteiger charge is 1.90. The average Bonchev–Trinajstić information content (AvgIpc) is 2.26. The molecule has 0 aliphatic heterocycles. The minimum absolute atomic E-state index is 0.528. The zero-order valence-corrected chi connectivity index (χ0v) is 9.54. The van der Waals surface area contributed by atoms with Gasteiger partial charge in [-0.3, -0.25) is 0 Å². The van der Waals surface area contributed by atoms with E-state index in [4.69, 9.17) is 11.6 Å². The van der Waals surface area contributed by atoms with E-state index in [9.17, 15) is 0 Å². The van der Waals surface area contributed by atoms with Crippen LogP contribution in [0.3, 0.4) is 0 Å². The molecule has 2 nitrogen and oxygen atoms in total. The van der Waals surface area contributed by atoms with Crippen molar-refractivity contribution in [3.63, 3.8) is 0 Å². The molecule has 3 heteroatoms. The lowest BCUT2D eigenvalue weighted by Crippen LogP contribution is -2.04. The molecular weight excluding hydrogens is 208 g/mol. The molecule has 0 saturated carbocycles. The summed E-state index contributed by atoms with van der Waals surface area (Å²) in [5, 5.41) is 3.69. The minimum atomic E-state index is 0.528. The van der Waals surface area contributed by atoms with Crippen LogP contribution in [-0.4, -0.2) is 4.98 Å². The summed E-state index contributed by atoms with van der Waals surface area (Å²) in [4.78, 5) is 3.99. The zero-order valence-electron chi connectivity index (χ0n) is 8.78. The fraction of sp³-hybridized carbons (Fsp3) is 0.250. The number of allylic oxidation sites excluding steroid dienone is 3. The fourth-order valence-corrected chi connectivity index (χ4v) is 1.14. The van der Waals surface area contributed by atoms with E-state index < -0.39 is 0 Å². The third-order valence-corrected chi connectivity index (χ3v) is 2.02. The van der Waals surface area contributed by atoms with Crippen LogP contribution in [-0.2, 0) is 6.54 Å². The Bertz CT molecular complexity index is 328. The predicted octanol–water partition coefficient (Wildman–Crippen LogP) is 3.30. The monoisotopic (exact) mass is 222 g/mol. The molecule has 80 valence electrons. The van der Waals surface area contributed by atoms with Crippen LogP contribution >= 0.6 is 11.6 Å². The van der Waals surface area contributed by atoms with Gasteiger partial charge >= 0.3 is 0 Å². The van der Waals surface area contributed by atoms with E-state index in [1.54, 1.807) is 12.3 Å². The second-order valence-electron chi connectivity index (χ2n) is 3.07. The highest BCUT2D eigenvalue weighted by atomic mass is 35.5. The summed E-state index contributed by atoms with van der Waals surface area (Å²) in [5.74, 6) is 0. The van der Waals surface area contributed by atoms with Crippen molar-refractivity contribution in [2.24, 2.45) is 0 Å². The first kappa shape index (κ1) is 11.8. The van der Waals surface area contributed by atoms with Gasteiger partial charge in [0.05, 0.1) is 0 Å². The van der Waals surface area contributed by atoms with Gasteiger partial charge in [0, 0.05) is 12.7 Å². The van der Waals surface area contributed by atoms with Gasteiger partial charge in [0.1, 0.15) is 5.15 Å². The smallest absolute Gasteiger partial charge is 0.129 e. The SMILES string of the molecule is CC/C=C\C=C/NCc1ccc(Cl)nc1. The van der Waals surface area contributed by atoms with E-state index in [0.29, 0.717) is 5.15 Å². The van der Waals surface area contributed by atoms with E-state index in [-0.39, 0.29) is 0 Å². The maximum absolute atomic E-state index is 5.68. The Balaban J connectivity index is 2.28. The fourth-order valence-electron chi connectivity index (χ4n) is 1.03. The normalized spacial score (nSPS) is 11.3. The van der Waals surface area contributed by atoms with Crippen LogP contribution < -0.4 is 5.32 Å². The van der Waals surface area contributed by atoms with Crippen LogP contribution in [0.5, 0.6) is 0 Å². The van der Waals surface area contributed by atoms with Gasteiger partial charge in [-0.1, -0.05) is 36.7 Å². The molecule has 0 saturated heterocycles. The van der Waals surface area contributed by atoms with Gasteiger partial charge < -0.3 is 5.32 Å². The van der Waals surface area contributed by atoms with Crippen LogP contribution in [0.25, 0.3) is 0 Å². The molecule has 0 radical (unpaired) electrons. The Morgan fingerprint density at radius 2 is 2.27 bits per heavy atom. The van der Waals surface area contributed by atoms with E-state index in [2.05, 4.69) is 23.3 Å². The molecule has 1 rings (SSSR count). The second-order valence-corrected chi connectivity index (χ2v) is 3.45. The Hall–Kier alpha value is -1.28. The molecule has 1 heterocycles. The van der Waals surface area contributed by atoms with Gasteiger partial charge in [-0.25, -0.2) is 4.98 Å². The molecule has 1 aromatic rings. The van der Waals surface area contributed by atoms with Gasteiger partial charge in [-0.05, 0) is 30.3 Å². The van der Waals surface area contributed by atoms with Crippen molar-refractivity contribution in [1.82, 2.24) is 10.3 Å². The van der Waals surface area contributed by atoms with Gasteiger partial charge in [-0.2, -0.15) is 0 Å². The molecule has 0 unspecified atom stereocenters. The number of halogens is 1. The second kappa shape index (κ2) is 7.07. The number of aromatic nitrogens is 1. The van der Waals surface area contributed by atoms with Crippen LogP contribution in [0.15, 0.2) is 42.8 Å². The lowest BCUT2D eigenvalue weighted by molar-refractivity contribution is 0.863. The van der Waals surface area contributed by atoms with E-state index in [1.807, 2.05) is 24.4 Å². The molecular formula is C12H15ClN2. The Morgan fingerprint density at radius 1 is 1.40 bits per heavy atom. The van der Waals surface area contributed by atoms with E-state index >= 15 is 0 Å². The summed E-state index contributed by atoms with van der Waals surface area (Å²) in [7, 11) is 0. The number of nitrogens with zero attached hydrogens (tertiary/aromatic N) is 1. The summed E-state index contributed by atoms with van der Waals surface area (Å²) >= 11 is 5.68. The molecule has 0 spiro atoms. The Morgan fingerprint density at radius 3 is 2.93 bits per heavy atom. The number of nitrogens with one attached hydrogen (secondary N) is 1. The summed E-state index contributed by atoms with van der Waals surface area (Å²) in [6, 6.07) is 3.75. The standard InChI is InChI=1S/C12H15ClN2/c1-2-3-4-5-8-14-9-11-6-7-12(13)15-10-11/h3-8,10,14H,2,9H2,1H3/b4-3-,8-5-. The summed E-state index contributed by atoms with van der Waals surface area (Å²) in [5.41, 5.74) is 1.11. The first-order valence-corrected chi connectivity index (χ1v) is 5.36. The maximum atomic E-state index is 5.68. The number of pyridine rings is 1. The molecule has 0 atom stereocenters. The summed E-state index contributed by atoms with van der Waals surface area (Å²) in [6.45, 7) is 2.87. The van der Waals surface area contributed by atoms with E-state index in [1.165, 1.54) is 0 Å². The lowest BCUT2D eigenvalue weighted by Gasteiger charge is -1.99. The van der Waals surface area contributed by atoms with Crippen LogP contribution in [0.1, 0.15) is 18.9 Å². The minimum Gasteiger partial charge on any atom is -0.387 e. The van der Waals surface area contributed by atoms with Crippen molar-refractivity contribution in [3.05, 3.63) is 53.5 Å². The molecule has 15 heavy (non-hydrogen) atoms. The number of hydrogen-bond acceptors (Lipinski definition) is 2. The topological polar surface area (TPSA) is 24.9 Å². The van der Waals surface area contributed by atoms with Gasteiger partial charge in [-0.15, -0.1) is 0 Å². The molecule has 0 aromatic carbocycles. The van der Waals surface area contributed by atoms with Crippen molar-refractivity contribution in [2.45, 2.75) is 19.9 Å². The highest BCUT2D eigenvalue weighted by Crippen LogP contribution is 2.04. The van der Waals surface area contributed by atoms with Crippen LogP contribution in [0, 0.1) is 0 Å². The van der Waals surface area contributed by atoms with Gasteiger partial charge in [0.15, 0.2) is 0 Å². The van der Waals surface area contributed by atoms with Crippen molar-refractivity contribution >= 4 is 11.6 Å². The van der Waals surface area contributed by atoms with Crippen molar-refractivity contribution < 1.29 is 0 Å². The van der Waals surface area contributed by atoms with Gasteiger partial charge in [0.25, 0.3) is 0 Å². The molecule has 0 aliphatic rings. The first-order chi connectivity index (χ1) is 7.33. The Labute approximate surface area is 95.7 Å². The van der Waals surface area contributed by atoms with Crippen LogP contribution in [0.4, 0.5) is 0 Å². The zero-order chi connectivity index (χ0) is 10.9. The number of rotatable bonds is 5. The van der Waals surface area contributed by atoms with Crippen molar-refractivity contribution in [3.8, 4) is 0 Å². The molecule has 1 aromatic heterocycles. The molecule has 0 aliphatic carbocycles. The third kappa shape index (κ3) is 5.23. The average molecular weight is 223 g/mol. The van der Waals surface area contributed by atoms with E-state index in [0.717, 1.165) is 18.5 Å². The first-order valence-electron chi connectivity index (χ1n) is 4.98. The van der Waals surface area contributed by atoms with Gasteiger partial charge in [0.2, 0.25) is 0 Å². The molecule has 0 amide bonds. The van der Waals surface area contributed by atoms with Crippen LogP contribution in [0.2, 0.25) is 5.15 Å².